The Bertz CT molecular complexity index is 4790. The summed E-state index contributed by atoms with van der Waals surface area (Å²) < 4.78 is 16.3. The van der Waals surface area contributed by atoms with Crippen LogP contribution in [0.2, 0.25) is 0 Å². The van der Waals surface area contributed by atoms with Crippen molar-refractivity contribution in [3.63, 3.8) is 0 Å². The number of nitrogens with two attached hydrogens (primary N) is 3. The minimum atomic E-state index is -1.13. The Morgan fingerprint density at radius 1 is 0.525 bits per heavy atom. The van der Waals surface area contributed by atoms with Crippen molar-refractivity contribution in [1.29, 1.82) is 15.8 Å². The van der Waals surface area contributed by atoms with Crippen LogP contribution < -0.4 is 59.2 Å². The van der Waals surface area contributed by atoms with Gasteiger partial charge in [-0.2, -0.15) is 15.8 Å². The van der Waals surface area contributed by atoms with E-state index in [9.17, 15) is 59.2 Å². The monoisotopic (exact) mass is 1430 g/mol. The average Bonchev–Trinajstić information content (AvgIpc) is 1.71. The number of alkyl carbamates (subject to hydrolysis) is 2. The third-order valence-electron chi connectivity index (χ3n) is 16.5. The summed E-state index contributed by atoms with van der Waals surface area (Å²) in [5, 5.41) is 43.8. The first-order valence-corrected chi connectivity index (χ1v) is 34.9. The highest BCUT2D eigenvalue weighted by atomic mass is 32.1. The first kappa shape index (κ1) is 72.7. The number of piperidine rings is 3. The highest BCUT2D eigenvalue weighted by Crippen LogP contribution is 2.31. The van der Waals surface area contributed by atoms with Crippen LogP contribution in [0.15, 0.2) is 105 Å². The van der Waals surface area contributed by atoms with Gasteiger partial charge in [0.15, 0.2) is 0 Å². The number of thiophene rings is 3. The van der Waals surface area contributed by atoms with Crippen LogP contribution in [0.4, 0.5) is 27.4 Å². The number of nitriles is 3. The van der Waals surface area contributed by atoms with Gasteiger partial charge in [0, 0.05) is 57.4 Å². The van der Waals surface area contributed by atoms with E-state index in [0.717, 1.165) is 84.6 Å². The summed E-state index contributed by atoms with van der Waals surface area (Å²) in [6.07, 6.45) is 3.81. The molecule has 3 fully saturated rings. The van der Waals surface area contributed by atoms with E-state index in [-0.39, 0.29) is 68.9 Å². The van der Waals surface area contributed by atoms with E-state index in [1.807, 2.05) is 32.9 Å². The zero-order chi connectivity index (χ0) is 72.6. The number of benzene rings is 3. The molecule has 524 valence electrons. The van der Waals surface area contributed by atoms with Crippen LogP contribution in [0.3, 0.4) is 0 Å². The van der Waals surface area contributed by atoms with Gasteiger partial charge in [-0.05, 0) is 133 Å². The molecule has 0 aliphatic carbocycles. The molecule has 0 saturated carbocycles. The summed E-state index contributed by atoms with van der Waals surface area (Å²) in [5.74, 6) is -1.06. The van der Waals surface area contributed by atoms with Crippen LogP contribution in [-0.4, -0.2) is 132 Å². The molecule has 4 amide bonds. The molecule has 28 nitrogen and oxygen atoms in total. The second-order valence-electron chi connectivity index (χ2n) is 26.4. The quantitative estimate of drug-likeness (QED) is 0.0601. The number of aromatic nitrogens is 6. The van der Waals surface area contributed by atoms with Gasteiger partial charge in [0.05, 0.1) is 80.8 Å². The van der Waals surface area contributed by atoms with E-state index < -0.39 is 41.2 Å². The zero-order valence-electron chi connectivity index (χ0n) is 56.4. The van der Waals surface area contributed by atoms with Gasteiger partial charge in [-0.25, -0.2) is 29.3 Å². The van der Waals surface area contributed by atoms with Gasteiger partial charge in [0.2, 0.25) is 17.8 Å². The number of rotatable bonds is 14. The number of anilines is 3. The summed E-state index contributed by atoms with van der Waals surface area (Å²) in [6, 6.07) is 31.8. The van der Waals surface area contributed by atoms with Crippen LogP contribution in [0.25, 0.3) is 30.6 Å². The van der Waals surface area contributed by atoms with Gasteiger partial charge in [0.25, 0.3) is 28.5 Å². The number of amides is 4. The van der Waals surface area contributed by atoms with Gasteiger partial charge < -0.3 is 57.1 Å². The van der Waals surface area contributed by atoms with Crippen molar-refractivity contribution >= 4 is 112 Å². The third kappa shape index (κ3) is 17.5. The van der Waals surface area contributed by atoms with Crippen LogP contribution in [0.1, 0.15) is 142 Å². The number of hydrogen-bond acceptors (Lipinski definition) is 23. The molecule has 3 aromatic carbocycles. The number of ether oxygens (including phenoxy) is 2. The summed E-state index contributed by atoms with van der Waals surface area (Å²) in [4.78, 5) is 121. The van der Waals surface area contributed by atoms with Crippen molar-refractivity contribution in [1.82, 2.24) is 39.3 Å². The highest BCUT2D eigenvalue weighted by molar-refractivity contribution is 7.21. The molecule has 6 aromatic heterocycles. The number of fused-ring (bicyclic) bond motifs is 3. The molecule has 0 spiro atoms. The molecule has 3 atom stereocenters. The Labute approximate surface area is 591 Å². The van der Waals surface area contributed by atoms with Crippen LogP contribution in [0, 0.1) is 34.0 Å². The van der Waals surface area contributed by atoms with Crippen molar-refractivity contribution in [3.05, 3.63) is 170 Å². The van der Waals surface area contributed by atoms with Crippen molar-refractivity contribution in [2.75, 3.05) is 54.0 Å². The van der Waals surface area contributed by atoms with Crippen LogP contribution in [-0.2, 0) is 29.1 Å². The molecule has 9 heterocycles. The molecule has 31 heteroatoms. The standard InChI is InChI=1S/C25H28N6O4S.C25H27N5O5S.C20H20N6O2S/c1-25(2,3)35-24(34)28-17-9-6-10-30(14-17)23-29-18-11-19(21(27)32)36-20(18)22(33)31(23)13-16-8-5-4-7-15(16)12-26;1-25(2,3)35-24(34)27-17-9-6-10-29(14-17)23-28-18-11-19(22(32)33)36-20(18)21(31)30(23)13-16-8-5-4-7-15(16)12-26;21-9-12-4-1-2-5-13(12)10-26-19(28)17-15(8-16(29-17)18(23)27)24-20(26)25-7-3-6-14(22)11-25/h4-5,7-8,11,17H,6,9-10,13-14H2,1-3H3,(H2,27,32)(H,28,34);4-5,7-8,11,17H,6,9-10,13-14H2,1-3H3,(H,27,34)(H,32,33);1-2,4-5,8,14H,3,6-7,10-11,22H2,(H2,23,27)/t2*17-;14-/m111/s1. The molecule has 3 aliphatic rings. The fourth-order valence-electron chi connectivity index (χ4n) is 12.0. The second-order valence-corrected chi connectivity index (χ2v) is 29.6. The Kier molecular flexibility index (Phi) is 22.3. The predicted molar refractivity (Wildman–Crippen MR) is 385 cm³/mol. The van der Waals surface area contributed by atoms with E-state index in [1.54, 1.807) is 107 Å². The fourth-order valence-corrected chi connectivity index (χ4v) is 14.7. The Morgan fingerprint density at radius 3 is 1.16 bits per heavy atom. The normalized spacial score (nSPS) is 16.2. The minimum absolute atomic E-state index is 0.000140. The number of nitrogens with zero attached hydrogens (tertiary/aromatic N) is 12. The van der Waals surface area contributed by atoms with Crippen LogP contribution in [0.5, 0.6) is 0 Å². The van der Waals surface area contributed by atoms with Crippen molar-refractivity contribution < 1.29 is 38.6 Å². The summed E-state index contributed by atoms with van der Waals surface area (Å²) >= 11 is 2.94. The molecular weight excluding hydrogens is 1350 g/mol. The smallest absolute Gasteiger partial charge is 0.407 e. The number of carboxylic acids is 1. The van der Waals surface area contributed by atoms with E-state index in [2.05, 4.69) is 28.8 Å². The maximum atomic E-state index is 13.6. The fraction of sp³-hybridized carbons (Fsp3) is 0.371. The number of carbonyl (C=O) groups is 5. The van der Waals surface area contributed by atoms with Crippen molar-refractivity contribution in [2.45, 2.75) is 129 Å². The second kappa shape index (κ2) is 31.0. The van der Waals surface area contributed by atoms with E-state index in [1.165, 1.54) is 21.3 Å². The highest BCUT2D eigenvalue weighted by Gasteiger charge is 2.32. The summed E-state index contributed by atoms with van der Waals surface area (Å²) in [7, 11) is 0. The Hall–Kier alpha value is -11.0. The lowest BCUT2D eigenvalue weighted by molar-refractivity contribution is 0.0488. The van der Waals surface area contributed by atoms with Gasteiger partial charge in [-0.3, -0.25) is 37.7 Å². The number of primary amides is 2. The van der Waals surface area contributed by atoms with Gasteiger partial charge >= 0.3 is 18.2 Å². The zero-order valence-corrected chi connectivity index (χ0v) is 58.8. The number of nitrogens with one attached hydrogen (secondary N) is 2. The number of hydrogen-bond donors (Lipinski definition) is 6. The lowest BCUT2D eigenvalue weighted by Crippen LogP contribution is -2.50. The summed E-state index contributed by atoms with van der Waals surface area (Å²) in [6.45, 7) is 14.6. The molecule has 101 heavy (non-hydrogen) atoms. The molecule has 0 radical (unpaired) electrons. The molecular formula is C70H75N17O11S3. The van der Waals surface area contributed by atoms with E-state index in [0.29, 0.717) is 109 Å². The first-order valence-electron chi connectivity index (χ1n) is 32.5. The maximum absolute atomic E-state index is 13.6. The number of aromatic carboxylic acids is 1. The SMILES string of the molecule is CC(C)(C)OC(=O)N[C@@H]1CCCN(c2nc3cc(C(=O)O)sc3c(=O)n2Cc2ccccc2C#N)C1.CC(C)(C)OC(=O)N[C@@H]1CCCN(c2nc3cc(C(N)=O)sc3c(=O)n2Cc2ccccc2C#N)C1.N#Cc1ccccc1Cn1c(N2CCC[C@@H](N)C2)nc2cc(C(N)=O)sc2c1=O. The first-order chi connectivity index (χ1) is 48.1. The van der Waals surface area contributed by atoms with Crippen molar-refractivity contribution in [2.24, 2.45) is 17.2 Å². The Morgan fingerprint density at radius 2 is 0.842 bits per heavy atom. The van der Waals surface area contributed by atoms with Gasteiger partial charge in [-0.1, -0.05) is 54.6 Å². The molecule has 12 rings (SSSR count). The lowest BCUT2D eigenvalue weighted by atomic mass is 10.1. The van der Waals surface area contributed by atoms with Crippen LogP contribution >= 0.6 is 34.0 Å². The number of carbonyl (C=O) groups excluding carboxylic acids is 4. The molecule has 0 bridgehead atoms. The Balaban J connectivity index is 0.000000164. The molecule has 3 saturated heterocycles. The predicted octanol–water partition coefficient (Wildman–Crippen LogP) is 7.94. The van der Waals surface area contributed by atoms with Crippen molar-refractivity contribution in [3.8, 4) is 18.2 Å². The minimum Gasteiger partial charge on any atom is -0.477 e. The summed E-state index contributed by atoms with van der Waals surface area (Å²) in [5.41, 5.74) is 19.4. The average molecular weight is 1430 g/mol. The third-order valence-corrected chi connectivity index (χ3v) is 19.9. The molecule has 9 aromatic rings. The molecule has 3 aliphatic heterocycles. The lowest BCUT2D eigenvalue weighted by Gasteiger charge is -2.35. The molecule has 0 unspecified atom stereocenters. The topological polar surface area (TPSA) is 412 Å². The number of carboxylic acid groups (broad SMARTS) is 1. The van der Waals surface area contributed by atoms with Gasteiger partial charge in [-0.15, -0.1) is 34.0 Å². The van der Waals surface area contributed by atoms with E-state index >= 15 is 0 Å². The molecule has 9 N–H and O–H groups in total. The largest absolute Gasteiger partial charge is 0.477 e. The van der Waals surface area contributed by atoms with Gasteiger partial charge in [0.1, 0.15) is 30.2 Å². The van der Waals surface area contributed by atoms with E-state index in [4.69, 9.17) is 41.6 Å². The maximum Gasteiger partial charge on any atom is 0.407 e.